The average molecular weight is 514 g/mol. The van der Waals surface area contributed by atoms with Gasteiger partial charge in [0.2, 0.25) is 5.52 Å². The Labute approximate surface area is 224 Å². The Morgan fingerprint density at radius 1 is 0.917 bits per heavy atom. The molecule has 36 heavy (non-hydrogen) atoms. The first-order valence-corrected chi connectivity index (χ1v) is 14.8. The third-order valence-electron chi connectivity index (χ3n) is 7.64. The fourth-order valence-electron chi connectivity index (χ4n) is 5.32. The summed E-state index contributed by atoms with van der Waals surface area (Å²) < 4.78 is 3.85. The second kappa shape index (κ2) is 10.4. The molecular weight excluding hydrogens is 477 g/mol. The third kappa shape index (κ3) is 4.62. The largest absolute Gasteiger partial charge is 0.335 e. The van der Waals surface area contributed by atoms with E-state index in [1.165, 1.54) is 70.7 Å². The molecule has 1 aliphatic heterocycles. The molecule has 0 radical (unpaired) electrons. The lowest BCUT2D eigenvalue weighted by Gasteiger charge is -2.20. The van der Waals surface area contributed by atoms with Crippen molar-refractivity contribution >= 4 is 45.1 Å². The highest BCUT2D eigenvalue weighted by Crippen LogP contribution is 2.48. The third-order valence-corrected chi connectivity index (χ3v) is 9.87. The van der Waals surface area contributed by atoms with Crippen LogP contribution in [0.4, 0.5) is 5.69 Å². The number of anilines is 1. The molecule has 3 aromatic rings. The zero-order valence-electron chi connectivity index (χ0n) is 22.4. The molecule has 0 amide bonds. The fraction of sp³-hybridized carbons (Fsp3) is 0.344. The van der Waals surface area contributed by atoms with Gasteiger partial charge >= 0.3 is 0 Å². The van der Waals surface area contributed by atoms with Crippen LogP contribution in [0.3, 0.4) is 0 Å². The molecule has 0 unspecified atom stereocenters. The Kier molecular flexibility index (Phi) is 7.28. The average Bonchev–Trinajstić information content (AvgIpc) is 3.44. The molecule has 2 aliphatic rings. The van der Waals surface area contributed by atoms with E-state index in [1.807, 2.05) is 23.1 Å². The second-order valence-electron chi connectivity index (χ2n) is 9.89. The molecule has 0 saturated carbocycles. The van der Waals surface area contributed by atoms with E-state index in [9.17, 15) is 0 Å². The van der Waals surface area contributed by atoms with Gasteiger partial charge in [-0.05, 0) is 107 Å². The van der Waals surface area contributed by atoms with E-state index in [0.29, 0.717) is 0 Å². The summed E-state index contributed by atoms with van der Waals surface area (Å²) in [7, 11) is 0. The first kappa shape index (κ1) is 25.1. The van der Waals surface area contributed by atoms with Crippen molar-refractivity contribution in [2.24, 2.45) is 0 Å². The maximum Gasteiger partial charge on any atom is 0.262 e. The molecule has 0 atom stereocenters. The number of nitrogens with zero attached hydrogens (tertiary/aromatic N) is 2. The van der Waals surface area contributed by atoms with Gasteiger partial charge in [-0.2, -0.15) is 4.57 Å². The minimum atomic E-state index is 0.995. The van der Waals surface area contributed by atoms with Crippen molar-refractivity contribution < 1.29 is 4.57 Å². The molecule has 2 aromatic carbocycles. The Balaban J connectivity index is 1.41. The first-order valence-electron chi connectivity index (χ1n) is 13.2. The van der Waals surface area contributed by atoms with Crippen LogP contribution >= 0.6 is 23.1 Å². The van der Waals surface area contributed by atoms with Crippen LogP contribution in [0, 0.1) is 27.7 Å². The number of aromatic nitrogens is 1. The lowest BCUT2D eigenvalue weighted by Crippen LogP contribution is -2.34. The van der Waals surface area contributed by atoms with Crippen LogP contribution in [-0.4, -0.2) is 6.54 Å². The van der Waals surface area contributed by atoms with Crippen molar-refractivity contribution in [2.45, 2.75) is 72.2 Å². The van der Waals surface area contributed by atoms with Gasteiger partial charge in [-0.15, -0.1) is 0 Å². The quantitative estimate of drug-likeness (QED) is 0.314. The monoisotopic (exact) mass is 513 g/mol. The van der Waals surface area contributed by atoms with Crippen LogP contribution in [0.1, 0.15) is 60.4 Å². The standard InChI is InChI=1S/C32H37N2S2/c1-7-33-29(35-27-16-12-21(3)23(5)31(27)33)18-14-25-10-9-11-26(20-25)15-19-30-34(8-2)32-24(6)22(4)13-17-28(32)36-30/h12-20H,7-11H2,1-6H3/q+1. The van der Waals surface area contributed by atoms with Gasteiger partial charge in [0.25, 0.3) is 5.01 Å². The highest BCUT2D eigenvalue weighted by molar-refractivity contribution is 8.03. The molecule has 0 bridgehead atoms. The van der Waals surface area contributed by atoms with Gasteiger partial charge in [-0.3, -0.25) is 0 Å². The summed E-state index contributed by atoms with van der Waals surface area (Å²) in [6.45, 7) is 15.4. The van der Waals surface area contributed by atoms with Crippen LogP contribution in [0.5, 0.6) is 0 Å². The first-order chi connectivity index (χ1) is 17.4. The lowest BCUT2D eigenvalue weighted by molar-refractivity contribution is -0.665. The Hall–Kier alpha value is -2.56. The molecule has 2 heterocycles. The topological polar surface area (TPSA) is 7.12 Å². The highest BCUT2D eigenvalue weighted by atomic mass is 32.2. The van der Waals surface area contributed by atoms with E-state index in [1.54, 1.807) is 0 Å². The predicted molar refractivity (Wildman–Crippen MR) is 159 cm³/mol. The number of fused-ring (bicyclic) bond motifs is 2. The molecule has 1 aromatic heterocycles. The maximum absolute atomic E-state index is 2.47. The minimum Gasteiger partial charge on any atom is -0.335 e. The van der Waals surface area contributed by atoms with Crippen molar-refractivity contribution in [2.75, 3.05) is 11.4 Å². The highest BCUT2D eigenvalue weighted by Gasteiger charge is 2.26. The number of aryl methyl sites for hydroxylation is 4. The van der Waals surface area contributed by atoms with Crippen LogP contribution in [0.2, 0.25) is 0 Å². The van der Waals surface area contributed by atoms with Gasteiger partial charge in [-0.25, -0.2) is 0 Å². The molecular formula is C32H37N2S2+. The molecule has 2 nitrogen and oxygen atoms in total. The number of rotatable bonds is 5. The number of benzene rings is 2. The fourth-order valence-corrected chi connectivity index (χ4v) is 7.69. The van der Waals surface area contributed by atoms with Gasteiger partial charge in [0.15, 0.2) is 0 Å². The van der Waals surface area contributed by atoms with E-state index in [2.05, 4.69) is 106 Å². The van der Waals surface area contributed by atoms with Crippen molar-refractivity contribution in [3.63, 3.8) is 0 Å². The van der Waals surface area contributed by atoms with Crippen molar-refractivity contribution in [3.05, 3.63) is 92.0 Å². The molecule has 5 rings (SSSR count). The molecule has 0 saturated heterocycles. The molecule has 0 N–H and O–H groups in total. The zero-order chi connectivity index (χ0) is 25.4. The summed E-state index contributed by atoms with van der Waals surface area (Å²) >= 11 is 3.81. The number of thiazole rings is 1. The summed E-state index contributed by atoms with van der Waals surface area (Å²) in [4.78, 5) is 3.85. The molecule has 0 spiro atoms. The van der Waals surface area contributed by atoms with E-state index in [0.717, 1.165) is 25.9 Å². The number of allylic oxidation sites excluding steroid dienone is 6. The normalized spacial score (nSPS) is 18.2. The van der Waals surface area contributed by atoms with Crippen molar-refractivity contribution in [3.8, 4) is 0 Å². The molecule has 0 fully saturated rings. The maximum atomic E-state index is 2.47. The summed E-state index contributed by atoms with van der Waals surface area (Å²) in [6, 6.07) is 9.06. The van der Waals surface area contributed by atoms with Gasteiger partial charge in [0.1, 0.15) is 11.2 Å². The van der Waals surface area contributed by atoms with Gasteiger partial charge in [-0.1, -0.05) is 53.5 Å². The summed E-state index contributed by atoms with van der Waals surface area (Å²) in [6.07, 6.45) is 15.3. The van der Waals surface area contributed by atoms with Gasteiger partial charge in [0.05, 0.1) is 10.7 Å². The smallest absolute Gasteiger partial charge is 0.262 e. The number of thioether (sulfide) groups is 1. The van der Waals surface area contributed by atoms with Gasteiger partial charge in [0, 0.05) is 23.1 Å². The second-order valence-corrected chi connectivity index (χ2v) is 12.0. The number of hydrogen-bond donors (Lipinski definition) is 0. The summed E-state index contributed by atoms with van der Waals surface area (Å²) in [5, 5.41) is 2.68. The number of hydrogen-bond acceptors (Lipinski definition) is 3. The lowest BCUT2D eigenvalue weighted by atomic mass is 9.94. The van der Waals surface area contributed by atoms with Crippen LogP contribution in [0.25, 0.3) is 16.3 Å². The Bertz CT molecular complexity index is 1450. The van der Waals surface area contributed by atoms with Gasteiger partial charge < -0.3 is 4.90 Å². The minimum absolute atomic E-state index is 0.995. The Morgan fingerprint density at radius 3 is 2.47 bits per heavy atom. The predicted octanol–water partition coefficient (Wildman–Crippen LogP) is 8.97. The van der Waals surface area contributed by atoms with E-state index < -0.39 is 0 Å². The van der Waals surface area contributed by atoms with Crippen molar-refractivity contribution in [1.82, 2.24) is 0 Å². The van der Waals surface area contributed by atoms with E-state index in [-0.39, 0.29) is 0 Å². The van der Waals surface area contributed by atoms with Crippen LogP contribution < -0.4 is 9.47 Å². The summed E-state index contributed by atoms with van der Waals surface area (Å²) in [5.41, 5.74) is 11.2. The van der Waals surface area contributed by atoms with Crippen molar-refractivity contribution in [1.29, 1.82) is 0 Å². The molecule has 186 valence electrons. The Morgan fingerprint density at radius 2 is 1.69 bits per heavy atom. The van der Waals surface area contributed by atoms with Crippen LogP contribution in [-0.2, 0) is 6.54 Å². The molecule has 4 heteroatoms. The zero-order valence-corrected chi connectivity index (χ0v) is 24.1. The van der Waals surface area contributed by atoms with E-state index in [4.69, 9.17) is 0 Å². The van der Waals surface area contributed by atoms with Crippen LogP contribution in [0.15, 0.2) is 69.6 Å². The molecule has 1 aliphatic carbocycles. The summed E-state index contributed by atoms with van der Waals surface area (Å²) in [5.74, 6) is 0. The SMILES string of the molecule is CCN1C(=CC=C2C=C(C=Cc3sc4ccc(C)c(C)c4[n+]3CC)CCC2)Sc2ccc(C)c(C)c21. The van der Waals surface area contributed by atoms with E-state index >= 15 is 0 Å².